The zero-order valence-electron chi connectivity index (χ0n) is 16.8. The van der Waals surface area contributed by atoms with Gasteiger partial charge in [-0.25, -0.2) is 5.48 Å². The lowest BCUT2D eigenvalue weighted by atomic mass is 10.1. The smallest absolute Gasteiger partial charge is 0.243 e. The summed E-state index contributed by atoms with van der Waals surface area (Å²) in [5.74, 6) is -0.380. The molecule has 1 heterocycles. The van der Waals surface area contributed by atoms with Gasteiger partial charge in [-0.05, 0) is 42.5 Å². The van der Waals surface area contributed by atoms with Crippen LogP contribution in [0, 0.1) is 0 Å². The molecule has 0 aliphatic carbocycles. The summed E-state index contributed by atoms with van der Waals surface area (Å²) < 4.78 is 0. The van der Waals surface area contributed by atoms with Crippen LogP contribution >= 0.6 is 0 Å². The van der Waals surface area contributed by atoms with Gasteiger partial charge in [0.1, 0.15) is 0 Å². The maximum Gasteiger partial charge on any atom is 0.243 e. The summed E-state index contributed by atoms with van der Waals surface area (Å²) in [6.07, 6.45) is 3.82. The summed E-state index contributed by atoms with van der Waals surface area (Å²) in [6.45, 7) is 3.75. The number of aromatic amines is 1. The predicted molar refractivity (Wildman–Crippen MR) is 114 cm³/mol. The Morgan fingerprint density at radius 1 is 1.10 bits per heavy atom. The Bertz CT molecular complexity index is 921. The van der Waals surface area contributed by atoms with Crippen molar-refractivity contribution in [3.63, 3.8) is 0 Å². The minimum atomic E-state index is -0.380. The van der Waals surface area contributed by atoms with Gasteiger partial charge in [-0.2, -0.15) is 0 Å². The van der Waals surface area contributed by atoms with Crippen LogP contribution in [0.15, 0.2) is 54.7 Å². The molecule has 1 unspecified atom stereocenters. The lowest BCUT2D eigenvalue weighted by Gasteiger charge is -2.28. The number of hydrogen-bond acceptors (Lipinski definition) is 4. The third kappa shape index (κ3) is 5.67. The maximum atomic E-state index is 11.2. The number of nitrogens with one attached hydrogen (secondary N) is 2. The summed E-state index contributed by atoms with van der Waals surface area (Å²) in [6, 6.07) is 16.5. The van der Waals surface area contributed by atoms with Crippen molar-refractivity contribution in [2.45, 2.75) is 38.8 Å². The molecule has 0 spiro atoms. The van der Waals surface area contributed by atoms with Gasteiger partial charge >= 0.3 is 0 Å². The minimum absolute atomic E-state index is 0.0631. The van der Waals surface area contributed by atoms with Crippen molar-refractivity contribution in [2.75, 3.05) is 13.2 Å². The van der Waals surface area contributed by atoms with Crippen LogP contribution < -0.4 is 5.48 Å². The number of nitrogens with zero attached hydrogens (tertiary/aromatic N) is 1. The van der Waals surface area contributed by atoms with Crippen molar-refractivity contribution in [1.29, 1.82) is 0 Å². The normalized spacial score (nSPS) is 12.4. The number of aryl methyl sites for hydroxylation is 1. The van der Waals surface area contributed by atoms with E-state index in [0.29, 0.717) is 6.42 Å². The second kappa shape index (κ2) is 10.2. The number of fused-ring (bicyclic) bond motifs is 1. The van der Waals surface area contributed by atoms with Crippen LogP contribution in [0.5, 0.6) is 0 Å². The molecular weight excluding hydrogens is 366 g/mol. The first-order valence-corrected chi connectivity index (χ1v) is 10.0. The largest absolute Gasteiger partial charge is 0.395 e. The highest BCUT2D eigenvalue weighted by molar-refractivity contribution is 5.83. The lowest BCUT2D eigenvalue weighted by Crippen LogP contribution is -2.36. The SMILES string of the molecule is CC(CO)N(CCc1c[nH]c2ccccc12)Cc1ccc(CCC(=O)NO)cc1. The molecule has 0 radical (unpaired) electrons. The van der Waals surface area contributed by atoms with Gasteiger partial charge in [0.2, 0.25) is 5.91 Å². The first kappa shape index (κ1) is 21.0. The summed E-state index contributed by atoms with van der Waals surface area (Å²) in [4.78, 5) is 16.8. The van der Waals surface area contributed by atoms with Crippen molar-refractivity contribution in [3.05, 3.63) is 71.4 Å². The highest BCUT2D eigenvalue weighted by atomic mass is 16.5. The molecule has 6 nitrogen and oxygen atoms in total. The molecule has 154 valence electrons. The third-order valence-electron chi connectivity index (χ3n) is 5.40. The Hall–Kier alpha value is -2.67. The second-order valence-electron chi connectivity index (χ2n) is 7.46. The average Bonchev–Trinajstić information content (AvgIpc) is 3.18. The fraction of sp³-hybridized carbons (Fsp3) is 0.348. The number of carbonyl (C=O) groups excluding carboxylic acids is 1. The van der Waals surface area contributed by atoms with Gasteiger partial charge in [0.15, 0.2) is 0 Å². The molecule has 2 aromatic carbocycles. The predicted octanol–water partition coefficient (Wildman–Crippen LogP) is 3.03. The molecule has 0 fully saturated rings. The number of aliphatic hydroxyl groups is 1. The van der Waals surface area contributed by atoms with Crippen molar-refractivity contribution in [1.82, 2.24) is 15.4 Å². The number of H-pyrrole nitrogens is 1. The molecule has 1 atom stereocenters. The number of aromatic nitrogens is 1. The molecule has 4 N–H and O–H groups in total. The quantitative estimate of drug-likeness (QED) is 0.314. The molecule has 0 saturated heterocycles. The lowest BCUT2D eigenvalue weighted by molar-refractivity contribution is -0.129. The van der Waals surface area contributed by atoms with Gasteiger partial charge in [0.05, 0.1) is 6.61 Å². The molecule has 0 saturated carbocycles. The first-order valence-electron chi connectivity index (χ1n) is 10.0. The van der Waals surface area contributed by atoms with E-state index in [2.05, 4.69) is 46.4 Å². The Labute approximate surface area is 171 Å². The number of para-hydroxylation sites is 1. The maximum absolute atomic E-state index is 11.2. The van der Waals surface area contributed by atoms with Gasteiger partial charge in [0.25, 0.3) is 0 Å². The van der Waals surface area contributed by atoms with E-state index >= 15 is 0 Å². The van der Waals surface area contributed by atoms with Gasteiger partial charge in [-0.15, -0.1) is 0 Å². The summed E-state index contributed by atoms with van der Waals surface area (Å²) in [7, 11) is 0. The van der Waals surface area contributed by atoms with Crippen molar-refractivity contribution < 1.29 is 15.1 Å². The molecule has 1 amide bonds. The number of aliphatic hydroxyl groups excluding tert-OH is 1. The van der Waals surface area contributed by atoms with Crippen LogP contribution in [0.25, 0.3) is 10.9 Å². The van der Waals surface area contributed by atoms with Gasteiger partial charge in [0, 0.05) is 42.7 Å². The van der Waals surface area contributed by atoms with Crippen LogP contribution in [0.2, 0.25) is 0 Å². The summed E-state index contributed by atoms with van der Waals surface area (Å²) in [5, 5.41) is 19.5. The van der Waals surface area contributed by atoms with Gasteiger partial charge < -0.3 is 10.1 Å². The van der Waals surface area contributed by atoms with E-state index in [0.717, 1.165) is 30.6 Å². The van der Waals surface area contributed by atoms with E-state index in [9.17, 15) is 9.90 Å². The fourth-order valence-electron chi connectivity index (χ4n) is 3.53. The van der Waals surface area contributed by atoms with E-state index < -0.39 is 0 Å². The third-order valence-corrected chi connectivity index (χ3v) is 5.40. The van der Waals surface area contributed by atoms with Crippen molar-refractivity contribution in [2.24, 2.45) is 0 Å². The standard InChI is InChI=1S/C23H29N3O3/c1-17(16-27)26(13-12-20-14-24-22-5-3-2-4-21(20)22)15-19-8-6-18(7-9-19)10-11-23(28)25-29/h2-9,14,17,24,27,29H,10-13,15-16H2,1H3,(H,25,28). The molecule has 6 heteroatoms. The fourth-order valence-corrected chi connectivity index (χ4v) is 3.53. The van der Waals surface area contributed by atoms with E-state index in [1.54, 1.807) is 5.48 Å². The Balaban J connectivity index is 1.62. The van der Waals surface area contributed by atoms with Crippen LogP contribution in [0.3, 0.4) is 0 Å². The molecule has 29 heavy (non-hydrogen) atoms. The van der Waals surface area contributed by atoms with Crippen LogP contribution in [0.1, 0.15) is 30.0 Å². The molecule has 0 bridgehead atoms. The Morgan fingerprint density at radius 3 is 2.55 bits per heavy atom. The highest BCUT2D eigenvalue weighted by Gasteiger charge is 2.15. The number of benzene rings is 2. The summed E-state index contributed by atoms with van der Waals surface area (Å²) >= 11 is 0. The average molecular weight is 396 g/mol. The number of hydroxylamine groups is 1. The van der Waals surface area contributed by atoms with E-state index in [1.165, 1.54) is 16.5 Å². The first-order chi connectivity index (χ1) is 14.1. The Kier molecular flexibility index (Phi) is 7.41. The highest BCUT2D eigenvalue weighted by Crippen LogP contribution is 2.19. The van der Waals surface area contributed by atoms with Gasteiger partial charge in [-0.1, -0.05) is 42.5 Å². The minimum Gasteiger partial charge on any atom is -0.395 e. The van der Waals surface area contributed by atoms with Crippen molar-refractivity contribution >= 4 is 16.8 Å². The number of carbonyl (C=O) groups is 1. The van der Waals surface area contributed by atoms with Crippen LogP contribution in [-0.4, -0.2) is 45.3 Å². The van der Waals surface area contributed by atoms with E-state index in [1.807, 2.05) is 25.1 Å². The zero-order valence-corrected chi connectivity index (χ0v) is 16.8. The molecular formula is C23H29N3O3. The summed E-state index contributed by atoms with van der Waals surface area (Å²) in [5.41, 5.74) is 6.31. The second-order valence-corrected chi connectivity index (χ2v) is 7.46. The topological polar surface area (TPSA) is 88.6 Å². The zero-order chi connectivity index (χ0) is 20.6. The molecule has 3 rings (SSSR count). The number of rotatable bonds is 10. The van der Waals surface area contributed by atoms with Crippen molar-refractivity contribution in [3.8, 4) is 0 Å². The number of hydrogen-bond donors (Lipinski definition) is 4. The number of amides is 1. The Morgan fingerprint density at radius 2 is 1.83 bits per heavy atom. The molecule has 0 aliphatic heterocycles. The van der Waals surface area contributed by atoms with Crippen LogP contribution in [-0.2, 0) is 24.2 Å². The molecule has 3 aromatic rings. The molecule has 1 aromatic heterocycles. The van der Waals surface area contributed by atoms with Gasteiger partial charge in [-0.3, -0.25) is 14.9 Å². The van der Waals surface area contributed by atoms with E-state index in [-0.39, 0.29) is 25.0 Å². The molecule has 0 aliphatic rings. The van der Waals surface area contributed by atoms with Crippen LogP contribution in [0.4, 0.5) is 0 Å². The van der Waals surface area contributed by atoms with E-state index in [4.69, 9.17) is 5.21 Å². The monoisotopic (exact) mass is 395 g/mol.